The third kappa shape index (κ3) is 6.13. The summed E-state index contributed by atoms with van der Waals surface area (Å²) in [6.45, 7) is -0.622. The van der Waals surface area contributed by atoms with E-state index in [2.05, 4.69) is 10.7 Å². The fourth-order valence-corrected chi connectivity index (χ4v) is 3.24. The molecule has 33 heavy (non-hydrogen) atoms. The van der Waals surface area contributed by atoms with E-state index in [0.29, 0.717) is 27.8 Å². The van der Waals surface area contributed by atoms with Gasteiger partial charge in [0.15, 0.2) is 6.61 Å². The van der Waals surface area contributed by atoms with Crippen molar-refractivity contribution >= 4 is 41.0 Å². The van der Waals surface area contributed by atoms with Crippen molar-refractivity contribution in [2.45, 2.75) is 6.42 Å². The molecule has 0 spiro atoms. The van der Waals surface area contributed by atoms with Crippen LogP contribution in [0, 0.1) is 5.92 Å². The van der Waals surface area contributed by atoms with Crippen molar-refractivity contribution in [1.82, 2.24) is 10.4 Å². The number of nitrogens with one attached hydrogen (secondary N) is 2. The molecule has 0 aromatic heterocycles. The van der Waals surface area contributed by atoms with E-state index in [1.54, 1.807) is 30.3 Å². The van der Waals surface area contributed by atoms with Gasteiger partial charge in [-0.3, -0.25) is 29.6 Å². The Morgan fingerprint density at radius 3 is 2.48 bits per heavy atom. The molecule has 0 unspecified atom stereocenters. The van der Waals surface area contributed by atoms with Crippen LogP contribution < -0.4 is 20.2 Å². The Morgan fingerprint density at radius 1 is 1.09 bits per heavy atom. The first-order valence-corrected chi connectivity index (χ1v) is 10.2. The number of halogens is 1. The summed E-state index contributed by atoms with van der Waals surface area (Å²) in [5.74, 6) is -2.17. The zero-order valence-electron chi connectivity index (χ0n) is 17.9. The van der Waals surface area contributed by atoms with Gasteiger partial charge in [-0.1, -0.05) is 11.6 Å². The lowest BCUT2D eigenvalue weighted by Crippen LogP contribution is -2.43. The van der Waals surface area contributed by atoms with Crippen molar-refractivity contribution in [3.63, 3.8) is 0 Å². The van der Waals surface area contributed by atoms with Gasteiger partial charge >= 0.3 is 5.97 Å². The third-order valence-electron chi connectivity index (χ3n) is 4.83. The van der Waals surface area contributed by atoms with E-state index in [0.717, 1.165) is 5.01 Å². The van der Waals surface area contributed by atoms with Crippen molar-refractivity contribution in [1.29, 1.82) is 0 Å². The first-order chi connectivity index (χ1) is 15.8. The van der Waals surface area contributed by atoms with E-state index in [-0.39, 0.29) is 13.0 Å². The number of hydrogen-bond acceptors (Lipinski definition) is 7. The van der Waals surface area contributed by atoms with Gasteiger partial charge in [0.2, 0.25) is 5.91 Å². The molecule has 0 bridgehead atoms. The largest absolute Gasteiger partial charge is 0.497 e. The quantitative estimate of drug-likeness (QED) is 0.560. The number of amides is 3. The molecule has 1 heterocycles. The van der Waals surface area contributed by atoms with Gasteiger partial charge in [-0.05, 0) is 36.4 Å². The van der Waals surface area contributed by atoms with E-state index in [9.17, 15) is 19.2 Å². The summed E-state index contributed by atoms with van der Waals surface area (Å²) >= 11 is 5.80. The Kier molecular flexibility index (Phi) is 7.73. The van der Waals surface area contributed by atoms with E-state index in [4.69, 9.17) is 25.8 Å². The van der Waals surface area contributed by atoms with Gasteiger partial charge in [0, 0.05) is 23.1 Å². The van der Waals surface area contributed by atoms with E-state index >= 15 is 0 Å². The average molecular weight is 476 g/mol. The Hall–Kier alpha value is -3.79. The number of hydrazine groups is 1. The minimum atomic E-state index is -0.817. The number of nitrogens with zero attached hydrogens (tertiary/aromatic N) is 1. The van der Waals surface area contributed by atoms with Crippen LogP contribution in [0.3, 0.4) is 0 Å². The van der Waals surface area contributed by atoms with E-state index < -0.39 is 36.2 Å². The maximum absolute atomic E-state index is 12.4. The number of carbonyl (C=O) groups is 4. The predicted octanol–water partition coefficient (Wildman–Crippen LogP) is 2.03. The maximum atomic E-state index is 12.4. The second-order valence-corrected chi connectivity index (χ2v) is 7.51. The first-order valence-electron chi connectivity index (χ1n) is 9.86. The highest BCUT2D eigenvalue weighted by molar-refractivity contribution is 6.30. The molecule has 1 atom stereocenters. The number of benzene rings is 2. The minimum absolute atomic E-state index is 0.0671. The number of rotatable bonds is 8. The summed E-state index contributed by atoms with van der Waals surface area (Å²) in [6.07, 6.45) is -0.148. The van der Waals surface area contributed by atoms with Crippen LogP contribution in [-0.2, 0) is 19.1 Å². The molecular formula is C22H22ClN3O7. The normalized spacial score (nSPS) is 15.1. The van der Waals surface area contributed by atoms with Crippen molar-refractivity contribution < 1.29 is 33.4 Å². The van der Waals surface area contributed by atoms with Crippen LogP contribution in [0.2, 0.25) is 5.02 Å². The SMILES string of the molecule is COc1ccc(OC)c(NC(=O)COC(=O)[C@@H]2CC(=O)N(NC(=O)c3ccc(Cl)cc3)C2)c1. The molecule has 3 rings (SSSR count). The molecule has 2 aromatic carbocycles. The molecule has 2 aromatic rings. The molecule has 0 radical (unpaired) electrons. The van der Waals surface area contributed by atoms with Crippen molar-refractivity contribution in [3.8, 4) is 11.5 Å². The molecule has 11 heteroatoms. The Balaban J connectivity index is 1.51. The van der Waals surface area contributed by atoms with Crippen LogP contribution in [0.25, 0.3) is 0 Å². The monoisotopic (exact) mass is 475 g/mol. The molecular weight excluding hydrogens is 454 g/mol. The molecule has 1 aliphatic rings. The third-order valence-corrected chi connectivity index (χ3v) is 5.08. The molecule has 1 aliphatic heterocycles. The van der Waals surface area contributed by atoms with Gasteiger partial charge in [0.25, 0.3) is 11.8 Å². The molecule has 0 saturated carbocycles. The summed E-state index contributed by atoms with van der Waals surface area (Å²) in [4.78, 5) is 49.1. The van der Waals surface area contributed by atoms with Gasteiger partial charge in [0.05, 0.1) is 32.4 Å². The number of esters is 1. The van der Waals surface area contributed by atoms with Crippen LogP contribution >= 0.6 is 11.6 Å². The Morgan fingerprint density at radius 2 is 1.82 bits per heavy atom. The Bertz CT molecular complexity index is 1060. The zero-order valence-corrected chi connectivity index (χ0v) is 18.7. The number of anilines is 1. The van der Waals surface area contributed by atoms with E-state index in [1.165, 1.54) is 26.4 Å². The minimum Gasteiger partial charge on any atom is -0.497 e. The standard InChI is InChI=1S/C22H22ClN3O7/c1-31-16-7-8-18(32-2)17(10-16)24-19(27)12-33-22(30)14-9-20(28)26(11-14)25-21(29)13-3-5-15(23)6-4-13/h3-8,10,14H,9,11-12H2,1-2H3,(H,24,27)(H,25,29)/t14-/m1/s1. The van der Waals surface area contributed by atoms with Gasteiger partial charge in [-0.25, -0.2) is 0 Å². The highest BCUT2D eigenvalue weighted by atomic mass is 35.5. The summed E-state index contributed by atoms with van der Waals surface area (Å²) in [6, 6.07) is 11.0. The molecule has 10 nitrogen and oxygen atoms in total. The second kappa shape index (κ2) is 10.7. The van der Waals surface area contributed by atoms with Crippen molar-refractivity contribution in [3.05, 3.63) is 53.1 Å². The number of ether oxygens (including phenoxy) is 3. The van der Waals surface area contributed by atoms with Crippen LogP contribution in [0.5, 0.6) is 11.5 Å². The molecule has 1 fully saturated rings. The number of hydrogen-bond donors (Lipinski definition) is 2. The second-order valence-electron chi connectivity index (χ2n) is 7.08. The Labute approximate surface area is 194 Å². The van der Waals surface area contributed by atoms with Crippen molar-refractivity contribution in [2.24, 2.45) is 5.92 Å². The summed E-state index contributed by atoms with van der Waals surface area (Å²) < 4.78 is 15.4. The van der Waals surface area contributed by atoms with Crippen molar-refractivity contribution in [2.75, 3.05) is 32.7 Å². The first kappa shape index (κ1) is 23.9. The highest BCUT2D eigenvalue weighted by Crippen LogP contribution is 2.28. The van der Waals surface area contributed by atoms with Gasteiger partial charge in [-0.2, -0.15) is 0 Å². The summed E-state index contributed by atoms with van der Waals surface area (Å²) in [5.41, 5.74) is 3.12. The van der Waals surface area contributed by atoms with Gasteiger partial charge in [-0.15, -0.1) is 0 Å². The maximum Gasteiger partial charge on any atom is 0.311 e. The smallest absolute Gasteiger partial charge is 0.311 e. The molecule has 1 saturated heterocycles. The lowest BCUT2D eigenvalue weighted by Gasteiger charge is -2.17. The number of methoxy groups -OCH3 is 2. The van der Waals surface area contributed by atoms with Gasteiger partial charge in [0.1, 0.15) is 11.5 Å². The number of carbonyl (C=O) groups excluding carboxylic acids is 4. The summed E-state index contributed by atoms with van der Waals surface area (Å²) in [5, 5.41) is 4.12. The average Bonchev–Trinajstić information content (AvgIpc) is 3.17. The topological polar surface area (TPSA) is 123 Å². The molecule has 0 aliphatic carbocycles. The lowest BCUT2D eigenvalue weighted by molar-refractivity contribution is -0.151. The van der Waals surface area contributed by atoms with Crippen LogP contribution in [0.15, 0.2) is 42.5 Å². The lowest BCUT2D eigenvalue weighted by atomic mass is 10.1. The zero-order chi connectivity index (χ0) is 24.0. The molecule has 3 amide bonds. The van der Waals surface area contributed by atoms with E-state index in [1.807, 2.05) is 0 Å². The van der Waals surface area contributed by atoms with Crippen LogP contribution in [-0.4, -0.2) is 56.1 Å². The fraction of sp³-hybridized carbons (Fsp3) is 0.273. The molecule has 2 N–H and O–H groups in total. The molecule has 174 valence electrons. The highest BCUT2D eigenvalue weighted by Gasteiger charge is 2.36. The van der Waals surface area contributed by atoms with Crippen LogP contribution in [0.4, 0.5) is 5.69 Å². The fourth-order valence-electron chi connectivity index (χ4n) is 3.11. The van der Waals surface area contributed by atoms with Crippen LogP contribution in [0.1, 0.15) is 16.8 Å². The summed E-state index contributed by atoms with van der Waals surface area (Å²) in [7, 11) is 2.94. The predicted molar refractivity (Wildman–Crippen MR) is 118 cm³/mol. The van der Waals surface area contributed by atoms with Gasteiger partial charge < -0.3 is 19.5 Å².